The molecule has 4 nitrogen and oxygen atoms in total. The zero-order chi connectivity index (χ0) is 9.14. The molecule has 1 radical (unpaired) electrons. The molecule has 0 amide bonds. The van der Waals surface area contributed by atoms with E-state index in [2.05, 4.69) is 0 Å². The van der Waals surface area contributed by atoms with Crippen LogP contribution in [-0.4, -0.2) is 73.5 Å². The van der Waals surface area contributed by atoms with E-state index >= 15 is 0 Å². The summed E-state index contributed by atoms with van der Waals surface area (Å²) in [6.45, 7) is 0. The van der Waals surface area contributed by atoms with E-state index < -0.39 is 11.9 Å². The van der Waals surface area contributed by atoms with Gasteiger partial charge in [-0.15, -0.1) is 0 Å². The van der Waals surface area contributed by atoms with Gasteiger partial charge in [-0.05, 0) is 12.1 Å². The predicted octanol–water partition coefficient (Wildman–Crippen LogP) is 0.432. The summed E-state index contributed by atoms with van der Waals surface area (Å²) in [5.41, 5.74) is -0.380. The van der Waals surface area contributed by atoms with Crippen molar-refractivity contribution in [3.05, 3.63) is 35.4 Å². The molecule has 0 saturated heterocycles. The van der Waals surface area contributed by atoms with E-state index in [1.807, 2.05) is 0 Å². The maximum Gasteiger partial charge on any atom is 0 e. The Morgan fingerprint density at radius 1 is 0.929 bits per heavy atom. The maximum absolute atomic E-state index is 10.5. The zero-order valence-corrected chi connectivity index (χ0v) is 8.67. The molecule has 1 rings (SSSR count). The van der Waals surface area contributed by atoms with E-state index in [1.165, 1.54) is 24.3 Å². The number of rotatable bonds is 2. The van der Waals surface area contributed by atoms with Crippen LogP contribution in [0.25, 0.3) is 0 Å². The van der Waals surface area contributed by atoms with E-state index in [1.54, 1.807) is 0 Å². The topological polar surface area (TPSA) is 74.6 Å². The quantitative estimate of drug-likeness (QED) is 0.777. The fourth-order valence-corrected chi connectivity index (χ4v) is 0.856. The molecule has 2 N–H and O–H groups in total. The van der Waals surface area contributed by atoms with Crippen LogP contribution in [0.5, 0.6) is 0 Å². The second-order valence-electron chi connectivity index (χ2n) is 2.16. The van der Waals surface area contributed by atoms with Gasteiger partial charge in [0.05, 0.1) is 11.1 Å². The molecule has 14 heavy (non-hydrogen) atoms. The largest absolute Gasteiger partial charge is 0 e. The van der Waals surface area contributed by atoms with Crippen molar-refractivity contribution in [2.24, 2.45) is 0 Å². The molecule has 0 aliphatic heterocycles. The number of carboxylic acid groups (broad SMARTS) is 2. The summed E-state index contributed by atoms with van der Waals surface area (Å²) in [5.74, 6) is -2.46. The Hall–Kier alpha value is 0.537. The van der Waals surface area contributed by atoms with Crippen LogP contribution in [0.3, 0.4) is 0 Å². The Morgan fingerprint density at radius 3 is 1.43 bits per heavy atom. The number of carbonyl (C=O) groups is 2. The smallest absolute Gasteiger partial charge is 0 e. The summed E-state index contributed by atoms with van der Waals surface area (Å²) in [6, 6.07) is 5.48. The van der Waals surface area contributed by atoms with E-state index in [9.17, 15) is 9.59 Å². The van der Waals surface area contributed by atoms with Gasteiger partial charge in [-0.1, -0.05) is 12.1 Å². The first-order valence-corrected chi connectivity index (χ1v) is 3.18. The summed E-state index contributed by atoms with van der Waals surface area (Å²) < 4.78 is 0. The van der Waals surface area contributed by atoms with Gasteiger partial charge in [0, 0.05) is 22.4 Å². The molecule has 69 valence electrons. The molecule has 0 unspecified atom stereocenters. The number of carboxylic acids is 2. The van der Waals surface area contributed by atoms with E-state index in [0.29, 0.717) is 0 Å². The Kier molecular flexibility index (Phi) is 9.42. The maximum atomic E-state index is 10.5. The van der Waals surface area contributed by atoms with Gasteiger partial charge in [0.2, 0.25) is 0 Å². The van der Waals surface area contributed by atoms with Crippen molar-refractivity contribution in [3.63, 3.8) is 0 Å². The second kappa shape index (κ2) is 7.78. The fourth-order valence-electron chi connectivity index (χ4n) is 0.856. The van der Waals surface area contributed by atoms with Gasteiger partial charge >= 0.3 is 63.3 Å². The number of hydrogen-bond acceptors (Lipinski definition) is 2. The molecule has 0 fully saturated rings. The molecule has 0 saturated carbocycles. The Morgan fingerprint density at radius 2 is 1.21 bits per heavy atom. The van der Waals surface area contributed by atoms with Crippen molar-refractivity contribution in [3.8, 4) is 0 Å². The van der Waals surface area contributed by atoms with Crippen molar-refractivity contribution in [2.45, 2.75) is 0 Å². The minimum atomic E-state index is -1.23. The minimum absolute atomic E-state index is 0. The molecular weight excluding hydrogens is 292 g/mol. The third-order valence-electron chi connectivity index (χ3n) is 1.39. The Balaban J connectivity index is 0. The molecule has 0 bridgehead atoms. The third kappa shape index (κ3) is 4.37. The number of aromatic carboxylic acids is 2. The summed E-state index contributed by atoms with van der Waals surface area (Å²) >= 11 is 0. The molecular formula is C8H7KNbO4. The molecule has 0 aromatic heterocycles. The molecule has 0 aliphatic carbocycles. The molecule has 1 aromatic rings. The molecule has 0 spiro atoms. The third-order valence-corrected chi connectivity index (χ3v) is 1.39. The Bertz CT molecular complexity index is 307. The van der Waals surface area contributed by atoms with Crippen molar-refractivity contribution in [1.29, 1.82) is 0 Å². The molecule has 0 aliphatic rings. The first-order chi connectivity index (χ1) is 5.63. The first-order valence-electron chi connectivity index (χ1n) is 3.18. The van der Waals surface area contributed by atoms with Gasteiger partial charge in [-0.25, -0.2) is 9.59 Å². The number of hydrogen-bond donors (Lipinski definition) is 2. The standard InChI is InChI=1S/C8H6O4.K.Nb.H/c9-7(10)5-3-1-2-4-6(5)8(11)12;;;/h1-4H,(H,9,10)(H,11,12);;;. The van der Waals surface area contributed by atoms with Gasteiger partial charge in [0.15, 0.2) is 0 Å². The average Bonchev–Trinajstić information content (AvgIpc) is 2.04. The van der Waals surface area contributed by atoms with Gasteiger partial charge in [0.1, 0.15) is 0 Å². The predicted molar refractivity (Wildman–Crippen MR) is 47.5 cm³/mol. The summed E-state index contributed by atoms with van der Waals surface area (Å²) in [7, 11) is 0. The monoisotopic (exact) mass is 299 g/mol. The van der Waals surface area contributed by atoms with Gasteiger partial charge in [-0.2, -0.15) is 0 Å². The van der Waals surface area contributed by atoms with Crippen LogP contribution in [0.1, 0.15) is 20.7 Å². The van der Waals surface area contributed by atoms with Crippen LogP contribution in [-0.2, 0) is 22.4 Å². The van der Waals surface area contributed by atoms with Crippen LogP contribution >= 0.6 is 0 Å². The van der Waals surface area contributed by atoms with E-state index in [0.717, 1.165) is 0 Å². The first kappa shape index (κ1) is 16.9. The van der Waals surface area contributed by atoms with E-state index in [4.69, 9.17) is 10.2 Å². The van der Waals surface area contributed by atoms with Crippen molar-refractivity contribution < 1.29 is 42.2 Å². The van der Waals surface area contributed by atoms with Crippen LogP contribution in [0.15, 0.2) is 24.3 Å². The molecule has 1 aromatic carbocycles. The van der Waals surface area contributed by atoms with Crippen molar-refractivity contribution >= 4 is 63.3 Å². The van der Waals surface area contributed by atoms with E-state index in [-0.39, 0.29) is 84.9 Å². The average molecular weight is 299 g/mol. The van der Waals surface area contributed by atoms with Crippen molar-refractivity contribution in [2.75, 3.05) is 0 Å². The summed E-state index contributed by atoms with van der Waals surface area (Å²) in [6.07, 6.45) is 0. The SMILES string of the molecule is O=C(O)c1ccccc1C(=O)O.[KH].[Nb]. The Labute approximate surface area is 139 Å². The molecule has 6 heteroatoms. The number of benzene rings is 1. The summed E-state index contributed by atoms with van der Waals surface area (Å²) in [5, 5.41) is 17.1. The zero-order valence-electron chi connectivity index (χ0n) is 6.47. The minimum Gasteiger partial charge on any atom is 0 e. The van der Waals surface area contributed by atoms with Gasteiger partial charge in [0.25, 0.3) is 0 Å². The van der Waals surface area contributed by atoms with Gasteiger partial charge < -0.3 is 10.2 Å². The van der Waals surface area contributed by atoms with Gasteiger partial charge in [-0.3, -0.25) is 0 Å². The second-order valence-corrected chi connectivity index (χ2v) is 2.16. The van der Waals surface area contributed by atoms with Crippen LogP contribution in [0.2, 0.25) is 0 Å². The fraction of sp³-hybridized carbons (Fsp3) is 0. The van der Waals surface area contributed by atoms with Crippen LogP contribution in [0, 0.1) is 0 Å². The molecule has 0 atom stereocenters. The molecule has 0 heterocycles. The normalized spacial score (nSPS) is 8.00. The van der Waals surface area contributed by atoms with Crippen molar-refractivity contribution in [1.82, 2.24) is 0 Å². The van der Waals surface area contributed by atoms with Crippen LogP contribution in [0.4, 0.5) is 0 Å². The summed E-state index contributed by atoms with van der Waals surface area (Å²) in [4.78, 5) is 20.9. The van der Waals surface area contributed by atoms with Crippen LogP contribution < -0.4 is 0 Å².